The minimum Gasteiger partial charge on any atom is -0.507 e. The molecule has 2 saturated heterocycles. The Morgan fingerprint density at radius 1 is 0.983 bits per heavy atom. The first-order valence-electron chi connectivity index (χ1n) is 18.8. The number of halogens is 1. The number of allylic oxidation sites excluding steroid dienone is 2. The van der Waals surface area contributed by atoms with Crippen molar-refractivity contribution in [2.45, 2.75) is 32.6 Å². The Labute approximate surface area is 340 Å². The van der Waals surface area contributed by atoms with E-state index in [0.29, 0.717) is 27.8 Å². The van der Waals surface area contributed by atoms with Crippen molar-refractivity contribution < 1.29 is 44.0 Å². The number of aliphatic hydroxyl groups excluding tert-OH is 1. The molecule has 58 heavy (non-hydrogen) atoms. The van der Waals surface area contributed by atoms with Crippen molar-refractivity contribution in [1.29, 1.82) is 0 Å². The van der Waals surface area contributed by atoms with Crippen LogP contribution < -0.4 is 14.5 Å². The zero-order valence-corrected chi connectivity index (χ0v) is 33.1. The number of carboxylic acid groups (broad SMARTS) is 1. The van der Waals surface area contributed by atoms with Crippen molar-refractivity contribution in [3.05, 3.63) is 100 Å². The van der Waals surface area contributed by atoms with Gasteiger partial charge < -0.3 is 20.1 Å². The number of aromatic hydroxyl groups is 1. The molecule has 15 heteroatoms. The molecule has 9 rings (SSSR count). The number of ether oxygens (including phenoxy) is 1. The zero-order chi connectivity index (χ0) is 40.9. The first-order valence-corrected chi connectivity index (χ1v) is 20.0. The van der Waals surface area contributed by atoms with E-state index in [2.05, 4.69) is 0 Å². The van der Waals surface area contributed by atoms with Crippen LogP contribution in [0.15, 0.2) is 78.4 Å². The Bertz CT molecular complexity index is 2650. The molecule has 3 aromatic carbocycles. The molecule has 4 amide bonds. The smallest absolute Gasteiger partial charge is 0.339 e. The fourth-order valence-corrected chi connectivity index (χ4v) is 11.2. The molecule has 3 N–H and O–H groups in total. The number of imide groups is 2. The number of carboxylic acids is 1. The van der Waals surface area contributed by atoms with Gasteiger partial charge in [-0.1, -0.05) is 35.4 Å². The van der Waals surface area contributed by atoms with Crippen molar-refractivity contribution >= 4 is 74.1 Å². The molecule has 1 saturated carbocycles. The molecular formula is C43H37ClN4O9S. The third-order valence-electron chi connectivity index (χ3n) is 12.5. The van der Waals surface area contributed by atoms with Crippen LogP contribution in [0.5, 0.6) is 11.5 Å². The number of carbonyl (C=O) groups excluding carboxylic acids is 4. The van der Waals surface area contributed by atoms with E-state index in [1.165, 1.54) is 15.6 Å². The molecule has 4 heterocycles. The van der Waals surface area contributed by atoms with Crippen molar-refractivity contribution in [2.24, 2.45) is 36.1 Å². The molecule has 3 fully saturated rings. The number of rotatable bonds is 8. The van der Waals surface area contributed by atoms with Crippen LogP contribution in [0.1, 0.15) is 47.2 Å². The van der Waals surface area contributed by atoms with Crippen LogP contribution in [-0.2, 0) is 26.2 Å². The maximum absolute atomic E-state index is 15.1. The average Bonchev–Trinajstić information content (AvgIpc) is 3.87. The quantitative estimate of drug-likeness (QED) is 0.116. The lowest BCUT2D eigenvalue weighted by molar-refractivity contribution is -0.131. The number of hydrogen-bond acceptors (Lipinski definition) is 10. The maximum atomic E-state index is 15.1. The summed E-state index contributed by atoms with van der Waals surface area (Å²) in [5, 5.41) is 35.6. The predicted molar refractivity (Wildman–Crippen MR) is 215 cm³/mol. The number of anilines is 2. The normalized spacial score (nSPS) is 25.3. The third kappa shape index (κ3) is 5.45. The summed E-state index contributed by atoms with van der Waals surface area (Å²) in [6.07, 6.45) is 2.25. The maximum Gasteiger partial charge on any atom is 0.339 e. The van der Waals surface area contributed by atoms with Gasteiger partial charge in [0.25, 0.3) is 0 Å². The van der Waals surface area contributed by atoms with Gasteiger partial charge in [-0.15, -0.1) is 11.3 Å². The SMILES string of the molecule is Cc1c(-c2cc(N3C(=O)C4CC5C(=CCC6C(=O)N(c7ccc(C(=O)O)c(O)c7)C(=O)C65)C(c5ccc(OCCO)cc5)C4(C)C3=O)n(C)n2)sc2ccc(Cl)cc12. The van der Waals surface area contributed by atoms with Crippen LogP contribution >= 0.6 is 22.9 Å². The van der Waals surface area contributed by atoms with Crippen LogP contribution in [0.4, 0.5) is 11.5 Å². The number of nitrogens with zero attached hydrogens (tertiary/aromatic N) is 4. The highest BCUT2D eigenvalue weighted by Crippen LogP contribution is 2.64. The van der Waals surface area contributed by atoms with Gasteiger partial charge in [0.05, 0.1) is 40.3 Å². The number of amides is 4. The van der Waals surface area contributed by atoms with E-state index >= 15 is 4.79 Å². The highest BCUT2D eigenvalue weighted by atomic mass is 35.5. The van der Waals surface area contributed by atoms with Gasteiger partial charge in [-0.05, 0) is 91.6 Å². The number of aromatic nitrogens is 2. The molecular weight excluding hydrogens is 784 g/mol. The first kappa shape index (κ1) is 37.7. The van der Waals surface area contributed by atoms with Crippen LogP contribution in [0.3, 0.4) is 0 Å². The Hall–Kier alpha value is -5.83. The van der Waals surface area contributed by atoms with Gasteiger partial charge in [0.1, 0.15) is 35.2 Å². The highest BCUT2D eigenvalue weighted by Gasteiger charge is 2.68. The topological polar surface area (TPSA) is 180 Å². The number of fused-ring (bicyclic) bond motifs is 5. The second kappa shape index (κ2) is 13.6. The predicted octanol–water partition coefficient (Wildman–Crippen LogP) is 6.47. The minimum absolute atomic E-state index is 0.0476. The summed E-state index contributed by atoms with van der Waals surface area (Å²) in [6.45, 7) is 3.71. The summed E-state index contributed by atoms with van der Waals surface area (Å²) >= 11 is 7.86. The van der Waals surface area contributed by atoms with Gasteiger partial charge >= 0.3 is 5.97 Å². The molecule has 0 bridgehead atoms. The molecule has 6 unspecified atom stereocenters. The van der Waals surface area contributed by atoms with Crippen molar-refractivity contribution in [1.82, 2.24) is 9.78 Å². The number of carbonyl (C=O) groups is 5. The minimum atomic E-state index is -1.36. The molecule has 13 nitrogen and oxygen atoms in total. The fraction of sp³-hybridized carbons (Fsp3) is 0.302. The first-order chi connectivity index (χ1) is 27.7. The van der Waals surface area contributed by atoms with Crippen LogP contribution in [0.25, 0.3) is 20.7 Å². The summed E-state index contributed by atoms with van der Waals surface area (Å²) in [5.41, 5.74) is 1.44. The van der Waals surface area contributed by atoms with Crippen LogP contribution in [0, 0.1) is 36.0 Å². The van der Waals surface area contributed by atoms with E-state index in [4.69, 9.17) is 21.4 Å². The molecule has 296 valence electrons. The van der Waals surface area contributed by atoms with Gasteiger partial charge in [-0.2, -0.15) is 5.10 Å². The van der Waals surface area contributed by atoms with E-state index in [-0.39, 0.29) is 37.3 Å². The van der Waals surface area contributed by atoms with E-state index in [1.54, 1.807) is 43.5 Å². The Balaban J connectivity index is 1.13. The Morgan fingerprint density at radius 3 is 2.45 bits per heavy atom. The van der Waals surface area contributed by atoms with E-state index in [1.807, 2.05) is 43.3 Å². The number of aliphatic hydroxyl groups is 1. The van der Waals surface area contributed by atoms with E-state index in [0.717, 1.165) is 43.1 Å². The molecule has 0 radical (unpaired) electrons. The number of thiophene rings is 1. The van der Waals surface area contributed by atoms with Gasteiger partial charge in [-0.3, -0.25) is 23.9 Å². The monoisotopic (exact) mass is 820 g/mol. The summed E-state index contributed by atoms with van der Waals surface area (Å²) in [6, 6.07) is 18.1. The fourth-order valence-electron chi connectivity index (χ4n) is 9.84. The Kier molecular flexibility index (Phi) is 8.87. The van der Waals surface area contributed by atoms with Crippen molar-refractivity contribution in [3.8, 4) is 22.1 Å². The molecule has 2 aliphatic heterocycles. The number of phenols is 1. The van der Waals surface area contributed by atoms with Crippen LogP contribution in [-0.4, -0.2) is 67.9 Å². The van der Waals surface area contributed by atoms with Crippen LogP contribution in [0.2, 0.25) is 5.02 Å². The second-order valence-corrected chi connectivity index (χ2v) is 17.0. The lowest BCUT2D eigenvalue weighted by atomic mass is 9.51. The molecule has 6 atom stereocenters. The molecule has 4 aliphatic rings. The largest absolute Gasteiger partial charge is 0.507 e. The summed E-state index contributed by atoms with van der Waals surface area (Å²) in [5.74, 6) is -6.80. The lowest BCUT2D eigenvalue weighted by Gasteiger charge is -2.49. The van der Waals surface area contributed by atoms with Gasteiger partial charge in [0, 0.05) is 34.8 Å². The Morgan fingerprint density at radius 2 is 1.74 bits per heavy atom. The summed E-state index contributed by atoms with van der Waals surface area (Å²) in [7, 11) is 1.69. The summed E-state index contributed by atoms with van der Waals surface area (Å²) in [4.78, 5) is 73.3. The number of aromatic carboxylic acids is 1. The number of benzene rings is 3. The standard InChI is InChI=1S/C43H37ClN4O9S/c1-20-28-16-22(44)6-13-33(28)58-37(20)31-19-34(46(3)45-31)48-39(52)30-18-29-25(36(43(30,2)42(48)56)21-4-8-24(9-5-21)57-15-14-49)11-12-27-35(29)40(53)47(38(27)51)23-7-10-26(41(54)55)32(50)17-23/h4-11,13,16-17,19,27,29-30,35-36,49-50H,12,14-15,18H2,1-3H3,(H,54,55). The van der Waals surface area contributed by atoms with E-state index in [9.17, 15) is 34.5 Å². The van der Waals surface area contributed by atoms with Crippen molar-refractivity contribution in [3.63, 3.8) is 0 Å². The van der Waals surface area contributed by atoms with Crippen molar-refractivity contribution in [2.75, 3.05) is 23.0 Å². The van der Waals surface area contributed by atoms with E-state index < -0.39 is 70.4 Å². The van der Waals surface area contributed by atoms with Gasteiger partial charge in [0.15, 0.2) is 0 Å². The van der Waals surface area contributed by atoms with Gasteiger partial charge in [0.2, 0.25) is 23.6 Å². The van der Waals surface area contributed by atoms with Gasteiger partial charge in [-0.25, -0.2) is 14.6 Å². The number of hydrogen-bond donors (Lipinski definition) is 3. The molecule has 2 aromatic heterocycles. The molecule has 5 aromatic rings. The molecule has 2 aliphatic carbocycles. The third-order valence-corrected chi connectivity index (χ3v) is 14.1. The second-order valence-electron chi connectivity index (χ2n) is 15.5. The highest BCUT2D eigenvalue weighted by molar-refractivity contribution is 7.22. The molecule has 0 spiro atoms. The lowest BCUT2D eigenvalue weighted by Crippen LogP contribution is -2.48. The number of aryl methyl sites for hydroxylation is 2. The summed E-state index contributed by atoms with van der Waals surface area (Å²) < 4.78 is 8.19. The average molecular weight is 821 g/mol. The zero-order valence-electron chi connectivity index (χ0n) is 31.5.